The van der Waals surface area contributed by atoms with E-state index in [9.17, 15) is 4.79 Å². The first-order valence-corrected chi connectivity index (χ1v) is 9.42. The van der Waals surface area contributed by atoms with Crippen molar-refractivity contribution in [2.45, 2.75) is 26.8 Å². The van der Waals surface area contributed by atoms with Gasteiger partial charge < -0.3 is 20.1 Å². The maximum absolute atomic E-state index is 11.7. The van der Waals surface area contributed by atoms with Crippen molar-refractivity contribution in [1.29, 1.82) is 0 Å². The van der Waals surface area contributed by atoms with Crippen LogP contribution in [-0.2, 0) is 17.7 Å². The maximum Gasteiger partial charge on any atom is 0.341 e. The molecule has 9 heteroatoms. The molecule has 0 fully saturated rings. The quantitative estimate of drug-likeness (QED) is 0.254. The predicted octanol–water partition coefficient (Wildman–Crippen LogP) is 3.08. The summed E-state index contributed by atoms with van der Waals surface area (Å²) in [5.41, 5.74) is 2.47. The Bertz CT molecular complexity index is 804. The highest BCUT2D eigenvalue weighted by Crippen LogP contribution is 2.21. The molecule has 28 heavy (non-hydrogen) atoms. The van der Waals surface area contributed by atoms with Gasteiger partial charge in [0.2, 0.25) is 0 Å². The summed E-state index contributed by atoms with van der Waals surface area (Å²) in [5, 5.41) is 7.66. The van der Waals surface area contributed by atoms with Gasteiger partial charge >= 0.3 is 5.97 Å². The second kappa shape index (κ2) is 11.8. The number of guanidine groups is 1. The second-order valence-electron chi connectivity index (χ2n) is 5.88. The first-order valence-electron chi connectivity index (χ1n) is 8.61. The number of benzene rings is 1. The van der Waals surface area contributed by atoms with E-state index >= 15 is 0 Å². The summed E-state index contributed by atoms with van der Waals surface area (Å²) in [6.45, 7) is 5.41. The molecule has 0 saturated heterocycles. The van der Waals surface area contributed by atoms with E-state index in [1.165, 1.54) is 19.1 Å². The van der Waals surface area contributed by atoms with E-state index in [1.807, 2.05) is 19.1 Å². The van der Waals surface area contributed by atoms with Gasteiger partial charge in [0.25, 0.3) is 0 Å². The molecule has 0 bridgehead atoms. The van der Waals surface area contributed by atoms with Crippen LogP contribution in [0.1, 0.15) is 31.5 Å². The number of methoxy groups -OCH3 is 2. The number of aliphatic imine (C=N–C) groups is 1. The lowest BCUT2D eigenvalue weighted by molar-refractivity contribution is 0.0597. The molecule has 2 aromatic rings. The average molecular weight is 518 g/mol. The van der Waals surface area contributed by atoms with E-state index in [-0.39, 0.29) is 24.0 Å². The first-order chi connectivity index (χ1) is 13.0. The van der Waals surface area contributed by atoms with Gasteiger partial charge in [-0.25, -0.2) is 9.78 Å². The van der Waals surface area contributed by atoms with Gasteiger partial charge in [0.05, 0.1) is 24.9 Å². The smallest absolute Gasteiger partial charge is 0.341 e. The lowest BCUT2D eigenvalue weighted by atomic mass is 10.1. The van der Waals surface area contributed by atoms with Crippen molar-refractivity contribution in [2.24, 2.45) is 4.99 Å². The van der Waals surface area contributed by atoms with Crippen molar-refractivity contribution in [3.05, 3.63) is 44.9 Å². The first kappa shape index (κ1) is 24.2. The van der Waals surface area contributed by atoms with Gasteiger partial charge in [0, 0.05) is 31.4 Å². The molecule has 0 amide bonds. The van der Waals surface area contributed by atoms with Crippen LogP contribution >= 0.6 is 35.3 Å². The van der Waals surface area contributed by atoms with E-state index in [1.54, 1.807) is 24.5 Å². The van der Waals surface area contributed by atoms with E-state index in [4.69, 9.17) is 9.47 Å². The summed E-state index contributed by atoms with van der Waals surface area (Å²) >= 11 is 1.73. The second-order valence-corrected chi connectivity index (χ2v) is 7.17. The van der Waals surface area contributed by atoms with E-state index in [0.29, 0.717) is 23.8 Å². The number of aromatic nitrogens is 1. The number of rotatable bonds is 7. The summed E-state index contributed by atoms with van der Waals surface area (Å²) < 4.78 is 10.0. The van der Waals surface area contributed by atoms with E-state index in [0.717, 1.165) is 29.2 Å². The molecular formula is C19H27IN4O3S. The minimum Gasteiger partial charge on any atom is -0.496 e. The van der Waals surface area contributed by atoms with E-state index < -0.39 is 5.97 Å². The van der Waals surface area contributed by atoms with Gasteiger partial charge in [-0.3, -0.25) is 4.99 Å². The van der Waals surface area contributed by atoms with Crippen molar-refractivity contribution < 1.29 is 14.3 Å². The molecule has 0 saturated carbocycles. The van der Waals surface area contributed by atoms with Crippen LogP contribution in [0, 0.1) is 13.8 Å². The van der Waals surface area contributed by atoms with Crippen molar-refractivity contribution in [2.75, 3.05) is 27.8 Å². The minimum absolute atomic E-state index is 0. The Morgan fingerprint density at radius 1 is 1.25 bits per heavy atom. The fraction of sp³-hybridized carbons (Fsp3) is 0.421. The summed E-state index contributed by atoms with van der Waals surface area (Å²) in [5.74, 6) is 0.770. The molecule has 0 atom stereocenters. The van der Waals surface area contributed by atoms with Crippen LogP contribution in [0.3, 0.4) is 0 Å². The highest BCUT2D eigenvalue weighted by atomic mass is 127. The summed E-state index contributed by atoms with van der Waals surface area (Å²) in [6, 6.07) is 5.37. The monoisotopic (exact) mass is 518 g/mol. The number of nitrogens with one attached hydrogen (secondary N) is 2. The molecule has 2 N–H and O–H groups in total. The number of hydrogen-bond acceptors (Lipinski definition) is 6. The lowest BCUT2D eigenvalue weighted by Crippen LogP contribution is -2.37. The number of aryl methyl sites for hydroxylation is 2. The molecule has 0 aliphatic rings. The Morgan fingerprint density at radius 2 is 2.00 bits per heavy atom. The number of halogens is 1. The Morgan fingerprint density at radius 3 is 2.57 bits per heavy atom. The fourth-order valence-corrected chi connectivity index (χ4v) is 3.40. The highest BCUT2D eigenvalue weighted by molar-refractivity contribution is 14.0. The molecular weight excluding hydrogens is 491 g/mol. The number of carbonyl (C=O) groups excluding carboxylic acids is 1. The number of thiazole rings is 1. The number of ether oxygens (including phenoxy) is 2. The molecule has 7 nitrogen and oxygen atoms in total. The van der Waals surface area contributed by atoms with Crippen LogP contribution in [-0.4, -0.2) is 44.7 Å². The zero-order valence-electron chi connectivity index (χ0n) is 16.8. The zero-order valence-corrected chi connectivity index (χ0v) is 19.9. The SMILES string of the molecule is CN=C(NCCc1nc(C)c(C)s1)NCc1ccc(C(=O)OC)c(OC)c1.I. The van der Waals surface area contributed by atoms with Gasteiger partial charge in [-0.05, 0) is 31.5 Å². The zero-order chi connectivity index (χ0) is 19.8. The normalized spacial score (nSPS) is 10.8. The summed E-state index contributed by atoms with van der Waals surface area (Å²) in [7, 11) is 4.61. The largest absolute Gasteiger partial charge is 0.496 e. The van der Waals surface area contributed by atoms with Crippen LogP contribution in [0.2, 0.25) is 0 Å². The number of esters is 1. The molecule has 0 unspecified atom stereocenters. The van der Waals surface area contributed by atoms with E-state index in [2.05, 4.69) is 27.5 Å². The van der Waals surface area contributed by atoms with Crippen LogP contribution in [0.25, 0.3) is 0 Å². The molecule has 2 rings (SSSR count). The van der Waals surface area contributed by atoms with Crippen LogP contribution in [0.5, 0.6) is 5.75 Å². The molecule has 0 radical (unpaired) electrons. The molecule has 154 valence electrons. The van der Waals surface area contributed by atoms with Crippen LogP contribution in [0.15, 0.2) is 23.2 Å². The van der Waals surface area contributed by atoms with Crippen LogP contribution in [0.4, 0.5) is 0 Å². The molecule has 1 aromatic heterocycles. The average Bonchev–Trinajstić information content (AvgIpc) is 3.00. The third-order valence-electron chi connectivity index (χ3n) is 4.06. The topological polar surface area (TPSA) is 84.8 Å². The lowest BCUT2D eigenvalue weighted by Gasteiger charge is -2.13. The molecule has 0 spiro atoms. The molecule has 1 aromatic carbocycles. The number of carbonyl (C=O) groups is 1. The molecule has 1 heterocycles. The Labute approximate surface area is 187 Å². The summed E-state index contributed by atoms with van der Waals surface area (Å²) in [6.07, 6.45) is 0.849. The van der Waals surface area contributed by atoms with Gasteiger partial charge in [-0.1, -0.05) is 6.07 Å². The van der Waals surface area contributed by atoms with Gasteiger partial charge in [-0.15, -0.1) is 35.3 Å². The molecule has 0 aliphatic carbocycles. The Hall–Kier alpha value is -1.88. The van der Waals surface area contributed by atoms with Gasteiger partial charge in [0.15, 0.2) is 5.96 Å². The van der Waals surface area contributed by atoms with Gasteiger partial charge in [0.1, 0.15) is 11.3 Å². The Balaban J connectivity index is 0.00000392. The third-order valence-corrected chi connectivity index (χ3v) is 5.19. The number of hydrogen-bond donors (Lipinski definition) is 2. The predicted molar refractivity (Wildman–Crippen MR) is 123 cm³/mol. The van der Waals surface area contributed by atoms with Crippen molar-refractivity contribution in [3.8, 4) is 5.75 Å². The van der Waals surface area contributed by atoms with Gasteiger partial charge in [-0.2, -0.15) is 0 Å². The van der Waals surface area contributed by atoms with Crippen molar-refractivity contribution >= 4 is 47.2 Å². The molecule has 0 aliphatic heterocycles. The maximum atomic E-state index is 11.7. The van der Waals surface area contributed by atoms with Crippen molar-refractivity contribution in [1.82, 2.24) is 15.6 Å². The highest BCUT2D eigenvalue weighted by Gasteiger charge is 2.13. The summed E-state index contributed by atoms with van der Waals surface area (Å²) in [4.78, 5) is 21.8. The third kappa shape index (κ3) is 6.62. The van der Waals surface area contributed by atoms with Crippen molar-refractivity contribution in [3.63, 3.8) is 0 Å². The Kier molecular flexibility index (Phi) is 10.2. The fourth-order valence-electron chi connectivity index (χ4n) is 2.46. The number of nitrogens with zero attached hydrogens (tertiary/aromatic N) is 2. The minimum atomic E-state index is -0.420. The standard InChI is InChI=1S/C19H26N4O3S.HI/c1-12-13(2)27-17(23-12)8-9-21-19(20-3)22-11-14-6-7-15(18(24)26-5)16(10-14)25-4;/h6-7,10H,8-9,11H2,1-5H3,(H2,20,21,22);1H. The van der Waals surface area contributed by atoms with Crippen LogP contribution < -0.4 is 15.4 Å².